The fourth-order valence-electron chi connectivity index (χ4n) is 3.80. The fourth-order valence-corrected chi connectivity index (χ4v) is 3.80. The largest absolute Gasteiger partial charge is 0.497 e. The lowest BCUT2D eigenvalue weighted by Gasteiger charge is -2.35. The zero-order valence-corrected chi connectivity index (χ0v) is 17.1. The van der Waals surface area contributed by atoms with Gasteiger partial charge in [-0.05, 0) is 48.0 Å². The number of aliphatic hydroxyl groups is 1. The molecule has 3 aromatic carbocycles. The quantitative estimate of drug-likeness (QED) is 0.679. The minimum absolute atomic E-state index is 0.225. The molecule has 0 aliphatic carbocycles. The SMILES string of the molecule is COc1ccc(CN2C(=O)c3cc(OC)ccc3C2(O)c2ccc(OC)cc2)cc1. The van der Waals surface area contributed by atoms with Crippen molar-refractivity contribution < 1.29 is 24.1 Å². The number of carbonyl (C=O) groups excluding carboxylic acids is 1. The molecule has 1 unspecified atom stereocenters. The van der Waals surface area contributed by atoms with Gasteiger partial charge in [0.15, 0.2) is 5.72 Å². The zero-order valence-electron chi connectivity index (χ0n) is 17.1. The Balaban J connectivity index is 1.81. The van der Waals surface area contributed by atoms with Gasteiger partial charge < -0.3 is 19.3 Å². The predicted octanol–water partition coefficient (Wildman–Crippen LogP) is 3.56. The molecule has 1 aliphatic heterocycles. The van der Waals surface area contributed by atoms with Crippen molar-refractivity contribution in [1.82, 2.24) is 4.90 Å². The van der Waals surface area contributed by atoms with Gasteiger partial charge in [-0.1, -0.05) is 24.3 Å². The second-order valence-corrected chi connectivity index (χ2v) is 7.05. The number of benzene rings is 3. The summed E-state index contributed by atoms with van der Waals surface area (Å²) in [7, 11) is 4.73. The Bertz CT molecular complexity index is 1060. The Morgan fingerprint density at radius 3 is 1.90 bits per heavy atom. The van der Waals surface area contributed by atoms with Crippen LogP contribution in [0.1, 0.15) is 27.0 Å². The number of carbonyl (C=O) groups is 1. The maximum atomic E-state index is 13.4. The molecule has 0 saturated heterocycles. The Kier molecular flexibility index (Phi) is 5.10. The highest BCUT2D eigenvalue weighted by Crippen LogP contribution is 2.44. The summed E-state index contributed by atoms with van der Waals surface area (Å²) >= 11 is 0. The van der Waals surface area contributed by atoms with Gasteiger partial charge in [0.25, 0.3) is 5.91 Å². The van der Waals surface area contributed by atoms with Crippen molar-refractivity contribution in [2.24, 2.45) is 0 Å². The normalized spacial score (nSPS) is 17.6. The highest BCUT2D eigenvalue weighted by Gasteiger charge is 2.50. The topological polar surface area (TPSA) is 68.2 Å². The second-order valence-electron chi connectivity index (χ2n) is 7.05. The first kappa shape index (κ1) is 19.8. The van der Waals surface area contributed by atoms with E-state index >= 15 is 0 Å². The average molecular weight is 405 g/mol. The molecule has 1 heterocycles. The third-order valence-electron chi connectivity index (χ3n) is 5.46. The minimum atomic E-state index is -1.62. The van der Waals surface area contributed by atoms with E-state index in [-0.39, 0.29) is 12.5 Å². The summed E-state index contributed by atoms with van der Waals surface area (Å²) in [5.74, 6) is 1.69. The summed E-state index contributed by atoms with van der Waals surface area (Å²) in [6.07, 6.45) is 0. The standard InChI is InChI=1S/C24H23NO5/c1-28-18-8-4-16(5-9-18)15-25-23(26)21-14-20(30-3)12-13-22(21)24(25,27)17-6-10-19(29-2)11-7-17/h4-14,27H,15H2,1-3H3. The first-order valence-electron chi connectivity index (χ1n) is 9.51. The Morgan fingerprint density at radius 1 is 0.800 bits per heavy atom. The molecule has 1 amide bonds. The molecule has 6 nitrogen and oxygen atoms in total. The van der Waals surface area contributed by atoms with E-state index in [0.29, 0.717) is 28.2 Å². The zero-order chi connectivity index (χ0) is 21.3. The van der Waals surface area contributed by atoms with E-state index in [4.69, 9.17) is 14.2 Å². The lowest BCUT2D eigenvalue weighted by atomic mass is 9.93. The van der Waals surface area contributed by atoms with Crippen LogP contribution in [0.2, 0.25) is 0 Å². The number of hydrogen-bond acceptors (Lipinski definition) is 5. The van der Waals surface area contributed by atoms with Crippen molar-refractivity contribution in [3.8, 4) is 17.2 Å². The third-order valence-corrected chi connectivity index (χ3v) is 5.46. The monoisotopic (exact) mass is 405 g/mol. The van der Waals surface area contributed by atoms with Gasteiger partial charge in [0.05, 0.1) is 26.9 Å². The second kappa shape index (κ2) is 7.72. The summed E-state index contributed by atoms with van der Waals surface area (Å²) in [5.41, 5.74) is 0.767. The summed E-state index contributed by atoms with van der Waals surface area (Å²) in [6.45, 7) is 0.225. The number of nitrogens with zero attached hydrogens (tertiary/aromatic N) is 1. The molecular formula is C24H23NO5. The molecule has 0 spiro atoms. The van der Waals surface area contributed by atoms with Crippen molar-refractivity contribution in [2.45, 2.75) is 12.3 Å². The van der Waals surface area contributed by atoms with E-state index in [2.05, 4.69) is 0 Å². The molecule has 154 valence electrons. The number of fused-ring (bicyclic) bond motifs is 1. The molecular weight excluding hydrogens is 382 g/mol. The van der Waals surface area contributed by atoms with Crippen LogP contribution in [0, 0.1) is 0 Å². The number of rotatable bonds is 6. The Labute approximate surface area is 175 Å². The molecule has 1 atom stereocenters. The molecule has 30 heavy (non-hydrogen) atoms. The minimum Gasteiger partial charge on any atom is -0.497 e. The molecule has 1 N–H and O–H groups in total. The van der Waals surface area contributed by atoms with E-state index in [1.165, 1.54) is 4.90 Å². The summed E-state index contributed by atoms with van der Waals surface area (Å²) in [6, 6.07) is 19.7. The van der Waals surface area contributed by atoms with E-state index in [9.17, 15) is 9.90 Å². The Hall–Kier alpha value is -3.51. The van der Waals surface area contributed by atoms with Gasteiger partial charge in [0, 0.05) is 17.7 Å². The lowest BCUT2D eigenvalue weighted by Crippen LogP contribution is -2.44. The number of amides is 1. The van der Waals surface area contributed by atoms with Gasteiger partial charge in [0.2, 0.25) is 0 Å². The first-order valence-corrected chi connectivity index (χ1v) is 9.51. The predicted molar refractivity (Wildman–Crippen MR) is 112 cm³/mol. The fraction of sp³-hybridized carbons (Fsp3) is 0.208. The summed E-state index contributed by atoms with van der Waals surface area (Å²) in [4.78, 5) is 14.8. The number of methoxy groups -OCH3 is 3. The van der Waals surface area contributed by atoms with Crippen LogP contribution < -0.4 is 14.2 Å². The summed E-state index contributed by atoms with van der Waals surface area (Å²) < 4.78 is 15.7. The van der Waals surface area contributed by atoms with Crippen LogP contribution in [-0.4, -0.2) is 37.2 Å². The van der Waals surface area contributed by atoms with Gasteiger partial charge in [-0.2, -0.15) is 0 Å². The number of ether oxygens (including phenoxy) is 3. The highest BCUT2D eigenvalue weighted by molar-refractivity contribution is 6.00. The van der Waals surface area contributed by atoms with Gasteiger partial charge in [-0.3, -0.25) is 9.69 Å². The van der Waals surface area contributed by atoms with Crippen LogP contribution in [0.15, 0.2) is 66.7 Å². The van der Waals surface area contributed by atoms with Gasteiger partial charge in [-0.15, -0.1) is 0 Å². The maximum absolute atomic E-state index is 13.4. The van der Waals surface area contributed by atoms with E-state index in [1.54, 1.807) is 63.8 Å². The molecule has 6 heteroatoms. The Morgan fingerprint density at radius 2 is 1.33 bits per heavy atom. The smallest absolute Gasteiger partial charge is 0.257 e. The van der Waals surface area contributed by atoms with Crippen molar-refractivity contribution in [1.29, 1.82) is 0 Å². The first-order chi connectivity index (χ1) is 14.5. The lowest BCUT2D eigenvalue weighted by molar-refractivity contribution is -0.0543. The summed E-state index contributed by atoms with van der Waals surface area (Å²) in [5, 5.41) is 11.9. The van der Waals surface area contributed by atoms with Crippen LogP contribution in [0.3, 0.4) is 0 Å². The molecule has 4 rings (SSSR count). The van der Waals surface area contributed by atoms with Crippen LogP contribution in [-0.2, 0) is 12.3 Å². The van der Waals surface area contributed by atoms with Crippen molar-refractivity contribution >= 4 is 5.91 Å². The third kappa shape index (κ3) is 3.15. The van der Waals surface area contributed by atoms with Crippen molar-refractivity contribution in [3.05, 3.63) is 89.0 Å². The van der Waals surface area contributed by atoms with Crippen molar-refractivity contribution in [3.63, 3.8) is 0 Å². The van der Waals surface area contributed by atoms with Crippen LogP contribution >= 0.6 is 0 Å². The van der Waals surface area contributed by atoms with Gasteiger partial charge in [0.1, 0.15) is 17.2 Å². The van der Waals surface area contributed by atoms with E-state index in [0.717, 1.165) is 11.3 Å². The molecule has 0 radical (unpaired) electrons. The van der Waals surface area contributed by atoms with Crippen LogP contribution in [0.4, 0.5) is 0 Å². The number of hydrogen-bond donors (Lipinski definition) is 1. The van der Waals surface area contributed by atoms with Gasteiger partial charge >= 0.3 is 0 Å². The molecule has 0 saturated carbocycles. The highest BCUT2D eigenvalue weighted by atomic mass is 16.5. The van der Waals surface area contributed by atoms with Crippen LogP contribution in [0.25, 0.3) is 0 Å². The molecule has 0 aromatic heterocycles. The molecule has 0 fully saturated rings. The van der Waals surface area contributed by atoms with E-state index < -0.39 is 5.72 Å². The maximum Gasteiger partial charge on any atom is 0.257 e. The average Bonchev–Trinajstić information content (AvgIpc) is 3.01. The van der Waals surface area contributed by atoms with E-state index in [1.807, 2.05) is 24.3 Å². The molecule has 0 bridgehead atoms. The van der Waals surface area contributed by atoms with Crippen molar-refractivity contribution in [2.75, 3.05) is 21.3 Å². The molecule has 3 aromatic rings. The van der Waals surface area contributed by atoms with Crippen LogP contribution in [0.5, 0.6) is 17.2 Å². The molecule has 1 aliphatic rings. The van der Waals surface area contributed by atoms with Gasteiger partial charge in [-0.25, -0.2) is 0 Å².